The van der Waals surface area contributed by atoms with Gasteiger partial charge in [0.05, 0.1) is 6.61 Å². The van der Waals surface area contributed by atoms with Crippen LogP contribution in [0.4, 0.5) is 4.79 Å². The predicted molar refractivity (Wildman–Crippen MR) is 123 cm³/mol. The van der Waals surface area contributed by atoms with Gasteiger partial charge in [0.25, 0.3) is 0 Å². The summed E-state index contributed by atoms with van der Waals surface area (Å²) in [6.07, 6.45) is 8.53. The van der Waals surface area contributed by atoms with E-state index >= 15 is 0 Å². The third-order valence-corrected chi connectivity index (χ3v) is 5.57. The Morgan fingerprint density at radius 3 is 2.48 bits per heavy atom. The zero-order valence-electron chi connectivity index (χ0n) is 18.4. The van der Waals surface area contributed by atoms with Crippen LogP contribution in [0.3, 0.4) is 0 Å². The first kappa shape index (κ1) is 25.1. The van der Waals surface area contributed by atoms with E-state index in [1.807, 2.05) is 17.9 Å². The third-order valence-electron chi connectivity index (χ3n) is 5.33. The lowest BCUT2D eigenvalue weighted by molar-refractivity contribution is 0.0887. The minimum atomic E-state index is -0.176. The topological polar surface area (TPSA) is 55.6 Å². The number of hydrogen-bond acceptors (Lipinski definition) is 3. The van der Waals surface area contributed by atoms with Gasteiger partial charge in [0.2, 0.25) is 0 Å². The van der Waals surface area contributed by atoms with E-state index in [2.05, 4.69) is 57.4 Å². The lowest BCUT2D eigenvalue weighted by atomic mass is 9.75. The summed E-state index contributed by atoms with van der Waals surface area (Å²) in [4.78, 5) is 13.8. The number of amides is 1. The predicted octanol–water partition coefficient (Wildman–Crippen LogP) is 6.47. The maximum Gasteiger partial charge on any atom is 0.409 e. The van der Waals surface area contributed by atoms with E-state index in [0.717, 1.165) is 37.4 Å². The fourth-order valence-corrected chi connectivity index (χ4v) is 4.12. The highest BCUT2D eigenvalue weighted by atomic mass is 35.5. The Kier molecular flexibility index (Phi) is 11.5. The second kappa shape index (κ2) is 13.3. The second-order valence-corrected chi connectivity index (χ2v) is 8.03. The Balaban J connectivity index is 0.00000132. The summed E-state index contributed by atoms with van der Waals surface area (Å²) in [6.45, 7) is 13.5. The molecule has 1 heterocycles. The monoisotopic (exact) mass is 420 g/mol. The van der Waals surface area contributed by atoms with E-state index < -0.39 is 0 Å². The minimum absolute atomic E-state index is 0.176. The summed E-state index contributed by atoms with van der Waals surface area (Å²) in [6, 6.07) is 6.35. The van der Waals surface area contributed by atoms with Crippen molar-refractivity contribution in [2.75, 3.05) is 19.7 Å². The van der Waals surface area contributed by atoms with Gasteiger partial charge < -0.3 is 15.4 Å². The molecule has 1 aliphatic heterocycles. The van der Waals surface area contributed by atoms with E-state index in [9.17, 15) is 4.79 Å². The van der Waals surface area contributed by atoms with Crippen LogP contribution in [-0.4, -0.2) is 30.7 Å². The van der Waals surface area contributed by atoms with Crippen molar-refractivity contribution in [3.8, 4) is 0 Å². The molecule has 2 N–H and O–H groups in total. The van der Waals surface area contributed by atoms with Crippen LogP contribution in [0.2, 0.25) is 5.02 Å². The molecule has 0 aliphatic carbocycles. The Labute approximate surface area is 181 Å². The molecule has 1 fully saturated rings. The number of halogens is 1. The van der Waals surface area contributed by atoms with Crippen LogP contribution < -0.4 is 5.73 Å². The zero-order valence-corrected chi connectivity index (χ0v) is 19.1. The molecule has 1 saturated heterocycles. The number of ether oxygens (including phenoxy) is 1. The molecule has 0 bridgehead atoms. The van der Waals surface area contributed by atoms with Crippen molar-refractivity contribution in [1.82, 2.24) is 4.90 Å². The molecule has 0 spiro atoms. The van der Waals surface area contributed by atoms with Crippen molar-refractivity contribution in [1.29, 1.82) is 0 Å². The summed E-state index contributed by atoms with van der Waals surface area (Å²) < 4.78 is 5.15. The molecule has 1 amide bonds. The summed E-state index contributed by atoms with van der Waals surface area (Å²) >= 11 is 6.27. The number of piperidine rings is 1. The maximum atomic E-state index is 12.0. The van der Waals surface area contributed by atoms with Crippen LogP contribution in [0.5, 0.6) is 0 Å². The van der Waals surface area contributed by atoms with Crippen LogP contribution in [-0.2, 0) is 4.74 Å². The van der Waals surface area contributed by atoms with Crippen molar-refractivity contribution in [3.63, 3.8) is 0 Å². The number of likely N-dealkylation sites (tertiary alicyclic amines) is 1. The first-order valence-corrected chi connectivity index (χ1v) is 10.9. The highest BCUT2D eigenvalue weighted by Gasteiger charge is 2.30. The molecule has 1 aromatic carbocycles. The number of carbonyl (C=O) groups is 1. The zero-order chi connectivity index (χ0) is 21.8. The first-order chi connectivity index (χ1) is 13.9. The minimum Gasteiger partial charge on any atom is -0.450 e. The van der Waals surface area contributed by atoms with Crippen molar-refractivity contribution in [2.45, 2.75) is 58.8 Å². The van der Waals surface area contributed by atoms with E-state index in [4.69, 9.17) is 16.3 Å². The third kappa shape index (κ3) is 7.77. The molecular weight excluding hydrogens is 384 g/mol. The van der Waals surface area contributed by atoms with E-state index in [0.29, 0.717) is 24.4 Å². The van der Waals surface area contributed by atoms with Gasteiger partial charge in [-0.3, -0.25) is 0 Å². The van der Waals surface area contributed by atoms with Crippen LogP contribution in [0, 0.1) is 5.92 Å². The van der Waals surface area contributed by atoms with Crippen molar-refractivity contribution >= 4 is 17.7 Å². The van der Waals surface area contributed by atoms with Gasteiger partial charge in [-0.05, 0) is 80.3 Å². The average Bonchev–Trinajstić information content (AvgIpc) is 2.70. The molecule has 0 aromatic heterocycles. The standard InChI is InChI=1S/C22H32ClNO2.C2H5N/c1-5-7-8-19(20-10-9-18(23)15-21(20)16(3)4)17-11-13-24(14-12-17)22(25)26-6-2;1-2-3/h5,7,9-10,15-17,19H,6,8,11-14H2,1-4H3;2H,1,3H2/b7-5-;. The number of carbonyl (C=O) groups excluding carboxylic acids is 1. The van der Waals surface area contributed by atoms with Gasteiger partial charge in [0.15, 0.2) is 0 Å². The fourth-order valence-electron chi connectivity index (χ4n) is 3.94. The molecule has 2 rings (SSSR count). The van der Waals surface area contributed by atoms with Gasteiger partial charge in [-0.25, -0.2) is 4.79 Å². The normalized spacial score (nSPS) is 15.7. The molecule has 0 saturated carbocycles. The number of hydrogen-bond donors (Lipinski definition) is 1. The number of rotatable bonds is 6. The maximum absolute atomic E-state index is 12.0. The smallest absolute Gasteiger partial charge is 0.409 e. The molecule has 162 valence electrons. The molecule has 29 heavy (non-hydrogen) atoms. The van der Waals surface area contributed by atoms with Crippen molar-refractivity contribution in [3.05, 3.63) is 59.3 Å². The molecule has 1 aliphatic rings. The largest absolute Gasteiger partial charge is 0.450 e. The molecule has 1 atom stereocenters. The summed E-state index contributed by atoms with van der Waals surface area (Å²) in [5, 5.41) is 0.805. The Bertz CT molecular complexity index is 665. The average molecular weight is 421 g/mol. The second-order valence-electron chi connectivity index (χ2n) is 7.60. The van der Waals surface area contributed by atoms with Gasteiger partial charge in [-0.2, -0.15) is 0 Å². The molecule has 0 radical (unpaired) electrons. The first-order valence-electron chi connectivity index (χ1n) is 10.5. The number of benzene rings is 1. The van der Waals surface area contributed by atoms with Crippen LogP contribution in [0.1, 0.15) is 69.9 Å². The highest BCUT2D eigenvalue weighted by molar-refractivity contribution is 6.30. The van der Waals surface area contributed by atoms with Crippen molar-refractivity contribution < 1.29 is 9.53 Å². The molecule has 4 nitrogen and oxygen atoms in total. The van der Waals surface area contributed by atoms with Crippen LogP contribution in [0.15, 0.2) is 43.1 Å². The number of allylic oxidation sites excluding steroid dienone is 2. The molecule has 1 unspecified atom stereocenters. The van der Waals surface area contributed by atoms with Gasteiger partial charge in [0, 0.05) is 18.1 Å². The van der Waals surface area contributed by atoms with Gasteiger partial charge in [-0.15, -0.1) is 0 Å². The number of nitrogens with zero attached hydrogens (tertiary/aromatic N) is 1. The van der Waals surface area contributed by atoms with Crippen LogP contribution >= 0.6 is 11.6 Å². The van der Waals surface area contributed by atoms with E-state index in [1.54, 1.807) is 0 Å². The Hall–Kier alpha value is -1.94. The quantitative estimate of drug-likeness (QED) is 0.536. The fraction of sp³-hybridized carbons (Fsp3) is 0.542. The van der Waals surface area contributed by atoms with E-state index in [1.165, 1.54) is 17.3 Å². The van der Waals surface area contributed by atoms with Gasteiger partial charge in [0.1, 0.15) is 0 Å². The van der Waals surface area contributed by atoms with Crippen LogP contribution in [0.25, 0.3) is 0 Å². The Morgan fingerprint density at radius 2 is 1.97 bits per heavy atom. The number of nitrogens with two attached hydrogens (primary N) is 1. The SMILES string of the molecule is C/C=C\CC(c1ccc(Cl)cc1C(C)C)C1CCN(C(=O)OCC)CC1.C=CN. The lowest BCUT2D eigenvalue weighted by Gasteiger charge is -2.36. The summed E-state index contributed by atoms with van der Waals surface area (Å²) in [7, 11) is 0. The molecular formula is C24H37ClN2O2. The Morgan fingerprint density at radius 1 is 1.34 bits per heavy atom. The van der Waals surface area contributed by atoms with Gasteiger partial charge in [-0.1, -0.05) is 50.2 Å². The van der Waals surface area contributed by atoms with Gasteiger partial charge >= 0.3 is 6.09 Å². The lowest BCUT2D eigenvalue weighted by Crippen LogP contribution is -2.40. The van der Waals surface area contributed by atoms with E-state index in [-0.39, 0.29) is 6.09 Å². The summed E-state index contributed by atoms with van der Waals surface area (Å²) in [5.41, 5.74) is 7.37. The summed E-state index contributed by atoms with van der Waals surface area (Å²) in [5.74, 6) is 1.47. The molecule has 5 heteroatoms. The highest BCUT2D eigenvalue weighted by Crippen LogP contribution is 2.40. The molecule has 1 aromatic rings. The van der Waals surface area contributed by atoms with Crippen molar-refractivity contribution in [2.24, 2.45) is 11.7 Å².